The molecule has 1 aliphatic heterocycles. The van der Waals surface area contributed by atoms with Crippen molar-refractivity contribution in [3.63, 3.8) is 0 Å². The summed E-state index contributed by atoms with van der Waals surface area (Å²) in [5.74, 6) is 1.65. The smallest absolute Gasteiger partial charge is 0.363 e. The van der Waals surface area contributed by atoms with Gasteiger partial charge >= 0.3 is 5.97 Å². The van der Waals surface area contributed by atoms with Crippen LogP contribution in [0.5, 0.6) is 17.2 Å². The van der Waals surface area contributed by atoms with Crippen LogP contribution in [0.25, 0.3) is 6.08 Å². The molecule has 0 amide bonds. The minimum Gasteiger partial charge on any atom is -0.494 e. The molecular formula is C21H21NO5. The number of para-hydroxylation sites is 1. The second kappa shape index (κ2) is 8.40. The number of hydrogen-bond donors (Lipinski definition) is 0. The molecule has 6 heteroatoms. The summed E-state index contributed by atoms with van der Waals surface area (Å²) in [4.78, 5) is 16.6. The third kappa shape index (κ3) is 4.11. The summed E-state index contributed by atoms with van der Waals surface area (Å²) < 4.78 is 21.7. The van der Waals surface area contributed by atoms with Crippen molar-refractivity contribution in [2.24, 2.45) is 4.99 Å². The zero-order chi connectivity index (χ0) is 19.2. The Kier molecular flexibility index (Phi) is 5.76. The van der Waals surface area contributed by atoms with Crippen LogP contribution >= 0.6 is 0 Å². The molecule has 0 atom stereocenters. The van der Waals surface area contributed by atoms with Crippen LogP contribution in [0.3, 0.4) is 0 Å². The molecule has 1 heterocycles. The van der Waals surface area contributed by atoms with Crippen LogP contribution in [-0.2, 0) is 9.53 Å². The number of aliphatic imine (C=N–C) groups is 1. The lowest BCUT2D eigenvalue weighted by Gasteiger charge is -2.11. The molecule has 27 heavy (non-hydrogen) atoms. The van der Waals surface area contributed by atoms with E-state index in [1.165, 1.54) is 0 Å². The summed E-state index contributed by atoms with van der Waals surface area (Å²) >= 11 is 0. The molecule has 0 saturated carbocycles. The van der Waals surface area contributed by atoms with Crippen molar-refractivity contribution >= 4 is 17.9 Å². The van der Waals surface area contributed by atoms with Crippen LogP contribution in [0, 0.1) is 0 Å². The zero-order valence-electron chi connectivity index (χ0n) is 15.5. The van der Waals surface area contributed by atoms with Gasteiger partial charge in [-0.2, -0.15) is 0 Å². The van der Waals surface area contributed by atoms with Gasteiger partial charge in [0.2, 0.25) is 5.90 Å². The van der Waals surface area contributed by atoms with Crippen LogP contribution in [0.4, 0.5) is 0 Å². The van der Waals surface area contributed by atoms with Crippen molar-refractivity contribution < 1.29 is 23.7 Å². The lowest BCUT2D eigenvalue weighted by atomic mass is 10.1. The zero-order valence-corrected chi connectivity index (χ0v) is 15.5. The fraction of sp³-hybridized carbons (Fsp3) is 0.238. The van der Waals surface area contributed by atoms with Crippen LogP contribution < -0.4 is 14.2 Å². The van der Waals surface area contributed by atoms with Gasteiger partial charge in [-0.05, 0) is 50.3 Å². The van der Waals surface area contributed by atoms with E-state index in [1.807, 2.05) is 44.2 Å². The van der Waals surface area contributed by atoms with E-state index >= 15 is 0 Å². The Morgan fingerprint density at radius 1 is 1.04 bits per heavy atom. The molecule has 6 nitrogen and oxygen atoms in total. The second-order valence-electron chi connectivity index (χ2n) is 5.61. The van der Waals surface area contributed by atoms with Gasteiger partial charge in [0.05, 0.1) is 20.3 Å². The maximum absolute atomic E-state index is 12.2. The maximum Gasteiger partial charge on any atom is 0.363 e. The third-order valence-electron chi connectivity index (χ3n) is 3.84. The Morgan fingerprint density at radius 3 is 2.44 bits per heavy atom. The van der Waals surface area contributed by atoms with Crippen molar-refractivity contribution in [1.82, 2.24) is 0 Å². The Labute approximate surface area is 158 Å². The number of cyclic esters (lactones) is 1. The highest BCUT2D eigenvalue weighted by Crippen LogP contribution is 2.33. The molecule has 0 fully saturated rings. The predicted octanol–water partition coefficient (Wildman–Crippen LogP) is 3.84. The van der Waals surface area contributed by atoms with Gasteiger partial charge in [0.15, 0.2) is 17.2 Å². The fourth-order valence-corrected chi connectivity index (χ4v) is 2.67. The average Bonchev–Trinajstić information content (AvgIpc) is 3.04. The SMILES string of the molecule is CCOc1ccc(C2=N/C(=C/c3cccc(OCC)c3OC)C(=O)O2)cc1. The van der Waals surface area contributed by atoms with Gasteiger partial charge in [0, 0.05) is 11.1 Å². The highest BCUT2D eigenvalue weighted by Gasteiger charge is 2.25. The summed E-state index contributed by atoms with van der Waals surface area (Å²) in [6.07, 6.45) is 1.63. The lowest BCUT2D eigenvalue weighted by Crippen LogP contribution is -2.05. The van der Waals surface area contributed by atoms with Crippen molar-refractivity contribution in [2.75, 3.05) is 20.3 Å². The molecule has 140 valence electrons. The van der Waals surface area contributed by atoms with Crippen LogP contribution in [-0.4, -0.2) is 32.2 Å². The van der Waals surface area contributed by atoms with Gasteiger partial charge in [0.1, 0.15) is 5.75 Å². The first kappa shape index (κ1) is 18.5. The van der Waals surface area contributed by atoms with Gasteiger partial charge < -0.3 is 18.9 Å². The average molecular weight is 367 g/mol. The Bertz CT molecular complexity index is 884. The summed E-state index contributed by atoms with van der Waals surface area (Å²) in [5, 5.41) is 0. The molecule has 0 radical (unpaired) electrons. The quantitative estimate of drug-likeness (QED) is 0.549. The molecule has 0 aromatic heterocycles. The lowest BCUT2D eigenvalue weighted by molar-refractivity contribution is -0.129. The van der Waals surface area contributed by atoms with Gasteiger partial charge in [-0.3, -0.25) is 0 Å². The highest BCUT2D eigenvalue weighted by atomic mass is 16.6. The number of esters is 1. The molecular weight excluding hydrogens is 346 g/mol. The number of ether oxygens (including phenoxy) is 4. The number of nitrogens with zero attached hydrogens (tertiary/aromatic N) is 1. The second-order valence-corrected chi connectivity index (χ2v) is 5.61. The first-order chi connectivity index (χ1) is 13.2. The van der Waals surface area contributed by atoms with Gasteiger partial charge in [0.25, 0.3) is 0 Å². The van der Waals surface area contributed by atoms with Gasteiger partial charge in [-0.1, -0.05) is 12.1 Å². The molecule has 0 spiro atoms. The molecule has 2 aromatic carbocycles. The van der Waals surface area contributed by atoms with E-state index in [4.69, 9.17) is 18.9 Å². The minimum atomic E-state index is -0.511. The van der Waals surface area contributed by atoms with Crippen molar-refractivity contribution in [3.05, 3.63) is 59.3 Å². The number of carbonyl (C=O) groups excluding carboxylic acids is 1. The largest absolute Gasteiger partial charge is 0.494 e. The topological polar surface area (TPSA) is 66.3 Å². The van der Waals surface area contributed by atoms with E-state index < -0.39 is 5.97 Å². The van der Waals surface area contributed by atoms with E-state index in [2.05, 4.69) is 4.99 Å². The maximum atomic E-state index is 12.2. The van der Waals surface area contributed by atoms with Crippen molar-refractivity contribution in [1.29, 1.82) is 0 Å². The monoisotopic (exact) mass is 367 g/mol. The summed E-state index contributed by atoms with van der Waals surface area (Å²) in [6, 6.07) is 12.7. The van der Waals surface area contributed by atoms with Crippen LogP contribution in [0.15, 0.2) is 53.2 Å². The predicted molar refractivity (Wildman–Crippen MR) is 102 cm³/mol. The number of hydrogen-bond acceptors (Lipinski definition) is 6. The number of carbonyl (C=O) groups is 1. The first-order valence-electron chi connectivity index (χ1n) is 8.71. The number of benzene rings is 2. The van der Waals surface area contributed by atoms with Crippen molar-refractivity contribution in [3.8, 4) is 17.2 Å². The molecule has 1 aliphatic rings. The van der Waals surface area contributed by atoms with Crippen molar-refractivity contribution in [2.45, 2.75) is 13.8 Å². The summed E-state index contributed by atoms with van der Waals surface area (Å²) in [5.41, 5.74) is 1.59. The fourth-order valence-electron chi connectivity index (χ4n) is 2.67. The van der Waals surface area contributed by atoms with E-state index in [0.717, 1.165) is 5.75 Å². The molecule has 0 aliphatic carbocycles. The van der Waals surface area contributed by atoms with E-state index in [9.17, 15) is 4.79 Å². The van der Waals surface area contributed by atoms with E-state index in [-0.39, 0.29) is 11.6 Å². The van der Waals surface area contributed by atoms with Crippen LogP contribution in [0.1, 0.15) is 25.0 Å². The van der Waals surface area contributed by atoms with Crippen LogP contribution in [0.2, 0.25) is 0 Å². The van der Waals surface area contributed by atoms with E-state index in [1.54, 1.807) is 25.3 Å². The standard InChI is InChI=1S/C21H21NO5/c1-4-25-16-11-9-14(10-12-16)20-22-17(21(23)27-20)13-15-7-6-8-18(26-5-2)19(15)24-3/h6-13H,4-5H2,1-3H3/b17-13+. The molecule has 0 N–H and O–H groups in total. The summed E-state index contributed by atoms with van der Waals surface area (Å²) in [7, 11) is 1.56. The van der Waals surface area contributed by atoms with Gasteiger partial charge in [-0.15, -0.1) is 0 Å². The molecule has 3 rings (SSSR count). The molecule has 0 saturated heterocycles. The number of methoxy groups -OCH3 is 1. The molecule has 0 bridgehead atoms. The third-order valence-corrected chi connectivity index (χ3v) is 3.84. The number of rotatable bonds is 7. The first-order valence-corrected chi connectivity index (χ1v) is 8.71. The minimum absolute atomic E-state index is 0.200. The Morgan fingerprint density at radius 2 is 1.78 bits per heavy atom. The highest BCUT2D eigenvalue weighted by molar-refractivity contribution is 6.13. The van der Waals surface area contributed by atoms with Gasteiger partial charge in [-0.25, -0.2) is 9.79 Å². The Balaban J connectivity index is 1.91. The molecule has 2 aromatic rings. The normalized spacial score (nSPS) is 14.7. The summed E-state index contributed by atoms with van der Waals surface area (Å²) in [6.45, 7) is 4.91. The molecule has 0 unspecified atom stereocenters. The van der Waals surface area contributed by atoms with E-state index in [0.29, 0.717) is 35.8 Å². The Hall–Kier alpha value is -3.28.